The zero-order valence-electron chi connectivity index (χ0n) is 10.0. The molecule has 2 N–H and O–H groups in total. The number of ether oxygens (including phenoxy) is 1. The summed E-state index contributed by atoms with van der Waals surface area (Å²) >= 11 is 0. The Balaban J connectivity index is 2.28. The van der Waals surface area contributed by atoms with E-state index in [0.717, 1.165) is 22.2 Å². The van der Waals surface area contributed by atoms with Crippen molar-refractivity contribution in [1.82, 2.24) is 10.3 Å². The summed E-state index contributed by atoms with van der Waals surface area (Å²) in [5.41, 5.74) is 2.60. The van der Waals surface area contributed by atoms with Crippen molar-refractivity contribution in [3.8, 4) is 0 Å². The van der Waals surface area contributed by atoms with E-state index in [9.17, 15) is 4.79 Å². The number of aromatic nitrogens is 1. The number of amides is 1. The van der Waals surface area contributed by atoms with Crippen LogP contribution in [0.2, 0.25) is 0 Å². The molecule has 0 aliphatic rings. The van der Waals surface area contributed by atoms with Gasteiger partial charge in [0.05, 0.1) is 12.2 Å². The van der Waals surface area contributed by atoms with Gasteiger partial charge in [-0.1, -0.05) is 18.2 Å². The molecule has 2 rings (SSSR count). The second-order valence-electron chi connectivity index (χ2n) is 3.92. The van der Waals surface area contributed by atoms with Gasteiger partial charge in [-0.05, 0) is 13.0 Å². The van der Waals surface area contributed by atoms with Crippen molar-refractivity contribution in [1.29, 1.82) is 0 Å². The number of rotatable bonds is 4. The number of carbonyl (C=O) groups excluding carboxylic acids is 1. The smallest absolute Gasteiger partial charge is 0.253 e. The van der Waals surface area contributed by atoms with Crippen LogP contribution in [0.4, 0.5) is 0 Å². The normalized spacial score (nSPS) is 10.7. The highest BCUT2D eigenvalue weighted by molar-refractivity contribution is 6.08. The third-order valence-corrected chi connectivity index (χ3v) is 2.71. The average molecular weight is 232 g/mol. The number of benzene rings is 1. The van der Waals surface area contributed by atoms with Crippen molar-refractivity contribution >= 4 is 16.8 Å². The Labute approximate surface area is 100.0 Å². The molecule has 0 atom stereocenters. The second-order valence-corrected chi connectivity index (χ2v) is 3.92. The number of H-pyrrole nitrogens is 1. The first kappa shape index (κ1) is 11.7. The van der Waals surface area contributed by atoms with Gasteiger partial charge in [0, 0.05) is 30.3 Å². The molecule has 0 radical (unpaired) electrons. The highest BCUT2D eigenvalue weighted by Gasteiger charge is 2.14. The van der Waals surface area contributed by atoms with Gasteiger partial charge in [-0.25, -0.2) is 0 Å². The van der Waals surface area contributed by atoms with E-state index in [1.54, 1.807) is 7.11 Å². The van der Waals surface area contributed by atoms with Gasteiger partial charge in [0.2, 0.25) is 0 Å². The van der Waals surface area contributed by atoms with Gasteiger partial charge < -0.3 is 15.0 Å². The predicted octanol–water partition coefficient (Wildman–Crippen LogP) is 1.85. The number of carbonyl (C=O) groups is 1. The third-order valence-electron chi connectivity index (χ3n) is 2.71. The molecule has 0 bridgehead atoms. The van der Waals surface area contributed by atoms with E-state index in [2.05, 4.69) is 10.3 Å². The number of methoxy groups -OCH3 is 1. The number of aryl methyl sites for hydroxylation is 1. The zero-order chi connectivity index (χ0) is 12.3. The quantitative estimate of drug-likeness (QED) is 0.790. The largest absolute Gasteiger partial charge is 0.383 e. The molecule has 2 aromatic rings. The molecule has 4 nitrogen and oxygen atoms in total. The van der Waals surface area contributed by atoms with Crippen LogP contribution >= 0.6 is 0 Å². The minimum atomic E-state index is -0.0583. The molecule has 0 aliphatic carbocycles. The minimum absolute atomic E-state index is 0.0583. The Bertz CT molecular complexity index is 531. The van der Waals surface area contributed by atoms with Gasteiger partial charge in [0.25, 0.3) is 5.91 Å². The molecule has 0 unspecified atom stereocenters. The maximum Gasteiger partial charge on any atom is 0.253 e. The van der Waals surface area contributed by atoms with Gasteiger partial charge in [-0.15, -0.1) is 0 Å². The van der Waals surface area contributed by atoms with Crippen LogP contribution in [0.25, 0.3) is 10.9 Å². The SMILES string of the molecule is COCCNC(=O)c1c(C)[nH]c2ccccc12. The Kier molecular flexibility index (Phi) is 3.44. The van der Waals surface area contributed by atoms with E-state index in [0.29, 0.717) is 13.2 Å². The maximum atomic E-state index is 12.0. The van der Waals surface area contributed by atoms with E-state index < -0.39 is 0 Å². The van der Waals surface area contributed by atoms with Gasteiger partial charge in [0.15, 0.2) is 0 Å². The van der Waals surface area contributed by atoms with E-state index in [4.69, 9.17) is 4.74 Å². The summed E-state index contributed by atoms with van der Waals surface area (Å²) in [6.07, 6.45) is 0. The summed E-state index contributed by atoms with van der Waals surface area (Å²) in [5.74, 6) is -0.0583. The molecule has 17 heavy (non-hydrogen) atoms. The van der Waals surface area contributed by atoms with Gasteiger partial charge in [-0.2, -0.15) is 0 Å². The Morgan fingerprint density at radius 3 is 2.94 bits per heavy atom. The van der Waals surface area contributed by atoms with Crippen LogP contribution in [0, 0.1) is 6.92 Å². The van der Waals surface area contributed by atoms with Crippen molar-refractivity contribution in [2.24, 2.45) is 0 Å². The molecule has 4 heteroatoms. The molecular weight excluding hydrogens is 216 g/mol. The van der Waals surface area contributed by atoms with Crippen LogP contribution in [0.5, 0.6) is 0 Å². The van der Waals surface area contributed by atoms with Crippen molar-refractivity contribution < 1.29 is 9.53 Å². The number of para-hydroxylation sites is 1. The lowest BCUT2D eigenvalue weighted by molar-refractivity contribution is 0.0938. The van der Waals surface area contributed by atoms with Crippen LogP contribution in [-0.4, -0.2) is 31.2 Å². The van der Waals surface area contributed by atoms with Crippen molar-refractivity contribution in [3.05, 3.63) is 35.5 Å². The minimum Gasteiger partial charge on any atom is -0.383 e. The number of aromatic amines is 1. The Hall–Kier alpha value is -1.81. The molecular formula is C13H16N2O2. The number of fused-ring (bicyclic) bond motifs is 1. The first-order valence-corrected chi connectivity index (χ1v) is 5.58. The molecule has 0 saturated carbocycles. The highest BCUT2D eigenvalue weighted by atomic mass is 16.5. The lowest BCUT2D eigenvalue weighted by Gasteiger charge is -2.04. The fourth-order valence-corrected chi connectivity index (χ4v) is 1.92. The number of hydrogen-bond donors (Lipinski definition) is 2. The summed E-state index contributed by atoms with van der Waals surface area (Å²) in [4.78, 5) is 15.2. The summed E-state index contributed by atoms with van der Waals surface area (Å²) in [6, 6.07) is 7.80. The topological polar surface area (TPSA) is 54.1 Å². The van der Waals surface area contributed by atoms with E-state index in [-0.39, 0.29) is 5.91 Å². The van der Waals surface area contributed by atoms with Gasteiger partial charge in [-0.3, -0.25) is 4.79 Å². The van der Waals surface area contributed by atoms with Crippen LogP contribution in [0.1, 0.15) is 16.1 Å². The monoisotopic (exact) mass is 232 g/mol. The molecule has 0 spiro atoms. The summed E-state index contributed by atoms with van der Waals surface area (Å²) in [7, 11) is 1.61. The van der Waals surface area contributed by atoms with E-state index in [1.165, 1.54) is 0 Å². The molecule has 0 aliphatic heterocycles. The molecule has 1 heterocycles. The lowest BCUT2D eigenvalue weighted by atomic mass is 10.1. The maximum absolute atomic E-state index is 12.0. The highest BCUT2D eigenvalue weighted by Crippen LogP contribution is 2.21. The van der Waals surface area contributed by atoms with E-state index >= 15 is 0 Å². The summed E-state index contributed by atoms with van der Waals surface area (Å²) < 4.78 is 4.90. The molecule has 0 fully saturated rings. The third kappa shape index (κ3) is 2.31. The van der Waals surface area contributed by atoms with Crippen molar-refractivity contribution in [2.75, 3.05) is 20.3 Å². The zero-order valence-corrected chi connectivity index (χ0v) is 10.0. The van der Waals surface area contributed by atoms with Crippen LogP contribution in [0.15, 0.2) is 24.3 Å². The summed E-state index contributed by atoms with van der Waals surface area (Å²) in [6.45, 7) is 2.95. The molecule has 1 aromatic heterocycles. The standard InChI is InChI=1S/C13H16N2O2/c1-9-12(13(16)14-7-8-17-2)10-5-3-4-6-11(10)15-9/h3-6,15H,7-8H2,1-2H3,(H,14,16). The summed E-state index contributed by atoms with van der Waals surface area (Å²) in [5, 5.41) is 3.79. The number of nitrogens with one attached hydrogen (secondary N) is 2. The predicted molar refractivity (Wildman–Crippen MR) is 67.2 cm³/mol. The van der Waals surface area contributed by atoms with E-state index in [1.807, 2.05) is 31.2 Å². The van der Waals surface area contributed by atoms with Crippen molar-refractivity contribution in [2.45, 2.75) is 6.92 Å². The van der Waals surface area contributed by atoms with Crippen LogP contribution < -0.4 is 5.32 Å². The molecule has 1 amide bonds. The average Bonchev–Trinajstić information content (AvgIpc) is 2.65. The fourth-order valence-electron chi connectivity index (χ4n) is 1.92. The van der Waals surface area contributed by atoms with Crippen molar-refractivity contribution in [3.63, 3.8) is 0 Å². The second kappa shape index (κ2) is 5.01. The number of hydrogen-bond acceptors (Lipinski definition) is 2. The van der Waals surface area contributed by atoms with Gasteiger partial charge in [0.1, 0.15) is 0 Å². The first-order chi connectivity index (χ1) is 8.24. The Morgan fingerprint density at radius 2 is 2.18 bits per heavy atom. The molecule has 1 aromatic carbocycles. The first-order valence-electron chi connectivity index (χ1n) is 5.58. The molecule has 90 valence electrons. The Morgan fingerprint density at radius 1 is 1.41 bits per heavy atom. The fraction of sp³-hybridized carbons (Fsp3) is 0.308. The van der Waals surface area contributed by atoms with Gasteiger partial charge >= 0.3 is 0 Å². The molecule has 0 saturated heterocycles. The van der Waals surface area contributed by atoms with Crippen LogP contribution in [0.3, 0.4) is 0 Å². The lowest BCUT2D eigenvalue weighted by Crippen LogP contribution is -2.27. The van der Waals surface area contributed by atoms with Crippen LogP contribution in [-0.2, 0) is 4.74 Å².